The van der Waals surface area contributed by atoms with Crippen LogP contribution in [0.1, 0.15) is 18.2 Å². The van der Waals surface area contributed by atoms with Crippen molar-refractivity contribution < 1.29 is 13.7 Å². The largest absolute Gasteiger partial charge is 0.461 e. The van der Waals surface area contributed by atoms with Gasteiger partial charge in [-0.3, -0.25) is 4.57 Å². The first kappa shape index (κ1) is 19.9. The number of thioether (sulfide) groups is 1. The summed E-state index contributed by atoms with van der Waals surface area (Å²) in [6.07, 6.45) is 2.59. The Morgan fingerprint density at radius 3 is 2.74 bits per heavy atom. The average Bonchev–Trinajstić information content (AvgIpc) is 3.59. The number of benzene rings is 1. The van der Waals surface area contributed by atoms with Crippen LogP contribution in [-0.4, -0.2) is 46.2 Å². The Morgan fingerprint density at radius 2 is 1.94 bits per heavy atom. The van der Waals surface area contributed by atoms with Crippen molar-refractivity contribution in [2.75, 3.05) is 31.2 Å². The summed E-state index contributed by atoms with van der Waals surface area (Å²) in [5.41, 5.74) is 3.15. The van der Waals surface area contributed by atoms with E-state index in [1.807, 2.05) is 18.2 Å². The van der Waals surface area contributed by atoms with Crippen molar-refractivity contribution in [1.29, 1.82) is 0 Å². The zero-order valence-electron chi connectivity index (χ0n) is 17.2. The molecule has 1 saturated heterocycles. The zero-order chi connectivity index (χ0) is 21.0. The Hall–Kier alpha value is -3.04. The summed E-state index contributed by atoms with van der Waals surface area (Å²) >= 11 is 1.58. The molecular weight excluding hydrogens is 414 g/mol. The molecule has 0 saturated carbocycles. The molecule has 8 nitrogen and oxygen atoms in total. The fourth-order valence-electron chi connectivity index (χ4n) is 3.52. The monoisotopic (exact) mass is 437 g/mol. The van der Waals surface area contributed by atoms with Gasteiger partial charge in [-0.1, -0.05) is 36.0 Å². The molecule has 31 heavy (non-hydrogen) atoms. The van der Waals surface area contributed by atoms with Crippen LogP contribution in [0, 0.1) is 0 Å². The van der Waals surface area contributed by atoms with Crippen molar-refractivity contribution in [3.63, 3.8) is 0 Å². The first-order valence-corrected chi connectivity index (χ1v) is 11.3. The molecular formula is C22H23N5O3S. The lowest BCUT2D eigenvalue weighted by atomic mass is 10.1. The number of aromatic nitrogens is 4. The van der Waals surface area contributed by atoms with E-state index in [0.29, 0.717) is 30.5 Å². The smallest absolute Gasteiger partial charge is 0.232 e. The summed E-state index contributed by atoms with van der Waals surface area (Å²) in [7, 11) is 0. The fourth-order valence-corrected chi connectivity index (χ4v) is 4.35. The minimum Gasteiger partial charge on any atom is -0.461 e. The predicted molar refractivity (Wildman–Crippen MR) is 118 cm³/mol. The lowest BCUT2D eigenvalue weighted by Gasteiger charge is -2.28. The molecule has 0 radical (unpaired) electrons. The lowest BCUT2D eigenvalue weighted by molar-refractivity contribution is 0.122. The van der Waals surface area contributed by atoms with Crippen molar-refractivity contribution in [3.8, 4) is 17.2 Å². The molecule has 9 heteroatoms. The molecule has 0 atom stereocenters. The number of ether oxygens (including phenoxy) is 1. The molecule has 160 valence electrons. The standard InChI is InChI=1S/C22H23N5O3S/c1-2-16-5-3-6-18(13-16)27-21(26-8-11-28-12-9-26)23-24-22(27)31-15-17-14-20(30-25-17)19-7-4-10-29-19/h3-7,10,13-14H,2,8-9,11-12,15H2,1H3. The Labute approximate surface area is 184 Å². The predicted octanol–water partition coefficient (Wildman–Crippen LogP) is 4.21. The van der Waals surface area contributed by atoms with Crippen molar-refractivity contribution in [2.45, 2.75) is 24.3 Å². The van der Waals surface area contributed by atoms with Gasteiger partial charge in [0.15, 0.2) is 10.9 Å². The quantitative estimate of drug-likeness (QED) is 0.398. The third-order valence-corrected chi connectivity index (χ3v) is 6.12. The van der Waals surface area contributed by atoms with Crippen LogP contribution < -0.4 is 4.90 Å². The van der Waals surface area contributed by atoms with Crippen LogP contribution in [0.2, 0.25) is 0 Å². The Morgan fingerprint density at radius 1 is 1.03 bits per heavy atom. The first-order valence-electron chi connectivity index (χ1n) is 10.3. The fraction of sp³-hybridized carbons (Fsp3) is 0.318. The van der Waals surface area contributed by atoms with E-state index in [2.05, 4.69) is 56.0 Å². The number of nitrogens with zero attached hydrogens (tertiary/aromatic N) is 5. The van der Waals surface area contributed by atoms with Gasteiger partial charge in [-0.25, -0.2) is 0 Å². The number of hydrogen-bond donors (Lipinski definition) is 0. The molecule has 0 spiro atoms. The van der Waals surface area contributed by atoms with Gasteiger partial charge in [0.25, 0.3) is 0 Å². The van der Waals surface area contributed by atoms with E-state index < -0.39 is 0 Å². The minimum atomic E-state index is 0.610. The molecule has 1 aromatic carbocycles. The molecule has 1 fully saturated rings. The van der Waals surface area contributed by atoms with Crippen LogP contribution in [0.15, 0.2) is 62.8 Å². The average molecular weight is 438 g/mol. The highest BCUT2D eigenvalue weighted by Crippen LogP contribution is 2.30. The van der Waals surface area contributed by atoms with Crippen molar-refractivity contribution >= 4 is 17.7 Å². The lowest BCUT2D eigenvalue weighted by Crippen LogP contribution is -2.37. The van der Waals surface area contributed by atoms with Gasteiger partial charge >= 0.3 is 0 Å². The third-order valence-electron chi connectivity index (χ3n) is 5.16. The summed E-state index contributed by atoms with van der Waals surface area (Å²) in [5.74, 6) is 2.74. The minimum absolute atomic E-state index is 0.610. The van der Waals surface area contributed by atoms with Gasteiger partial charge in [0, 0.05) is 24.9 Å². The van der Waals surface area contributed by atoms with Gasteiger partial charge in [0.2, 0.25) is 11.7 Å². The van der Waals surface area contributed by atoms with Crippen molar-refractivity contribution in [3.05, 3.63) is 60.0 Å². The van der Waals surface area contributed by atoms with E-state index in [1.165, 1.54) is 5.56 Å². The maximum absolute atomic E-state index is 5.52. The van der Waals surface area contributed by atoms with Crippen LogP contribution in [0.5, 0.6) is 0 Å². The second-order valence-electron chi connectivity index (χ2n) is 7.19. The van der Waals surface area contributed by atoms with E-state index in [1.54, 1.807) is 18.0 Å². The summed E-state index contributed by atoms with van der Waals surface area (Å²) < 4.78 is 18.4. The zero-order valence-corrected chi connectivity index (χ0v) is 18.0. The van der Waals surface area contributed by atoms with Crippen LogP contribution in [0.25, 0.3) is 17.2 Å². The molecule has 4 heterocycles. The van der Waals surface area contributed by atoms with Crippen molar-refractivity contribution in [1.82, 2.24) is 19.9 Å². The van der Waals surface area contributed by atoms with Crippen molar-refractivity contribution in [2.24, 2.45) is 0 Å². The molecule has 0 aliphatic carbocycles. The second-order valence-corrected chi connectivity index (χ2v) is 8.13. The summed E-state index contributed by atoms with van der Waals surface area (Å²) in [6, 6.07) is 14.1. The van der Waals surface area contributed by atoms with Gasteiger partial charge in [-0.15, -0.1) is 10.2 Å². The van der Waals surface area contributed by atoms with Gasteiger partial charge in [-0.2, -0.15) is 0 Å². The van der Waals surface area contributed by atoms with Gasteiger partial charge in [0.05, 0.1) is 30.9 Å². The molecule has 5 rings (SSSR count). The van der Waals surface area contributed by atoms with Gasteiger partial charge in [0.1, 0.15) is 0 Å². The SMILES string of the molecule is CCc1cccc(-n2c(SCc3cc(-c4ccco4)on3)nnc2N2CCOCC2)c1. The highest BCUT2D eigenvalue weighted by atomic mass is 32.2. The van der Waals surface area contributed by atoms with Gasteiger partial charge in [-0.05, 0) is 36.2 Å². The van der Waals surface area contributed by atoms with Crippen LogP contribution in [-0.2, 0) is 16.9 Å². The highest BCUT2D eigenvalue weighted by molar-refractivity contribution is 7.98. The molecule has 3 aromatic heterocycles. The maximum atomic E-state index is 5.52. The van der Waals surface area contributed by atoms with E-state index in [9.17, 15) is 0 Å². The molecule has 0 bridgehead atoms. The number of aryl methyl sites for hydroxylation is 1. The second kappa shape index (κ2) is 8.99. The summed E-state index contributed by atoms with van der Waals surface area (Å²) in [4.78, 5) is 2.23. The van der Waals surface area contributed by atoms with Crippen LogP contribution in [0.3, 0.4) is 0 Å². The van der Waals surface area contributed by atoms with E-state index in [0.717, 1.165) is 42.0 Å². The molecule has 0 amide bonds. The first-order chi connectivity index (χ1) is 15.3. The van der Waals surface area contributed by atoms with Crippen LogP contribution in [0.4, 0.5) is 5.95 Å². The third kappa shape index (κ3) is 4.24. The van der Waals surface area contributed by atoms with E-state index >= 15 is 0 Å². The van der Waals surface area contributed by atoms with E-state index in [4.69, 9.17) is 13.7 Å². The Balaban J connectivity index is 1.43. The Bertz CT molecular complexity index is 1130. The van der Waals surface area contributed by atoms with E-state index in [-0.39, 0.29) is 0 Å². The Kier molecular flexibility index (Phi) is 5.77. The number of morpholine rings is 1. The normalized spacial score (nSPS) is 14.3. The summed E-state index contributed by atoms with van der Waals surface area (Å²) in [5, 5.41) is 14.0. The molecule has 0 unspecified atom stereocenters. The molecule has 1 aliphatic rings. The summed E-state index contributed by atoms with van der Waals surface area (Å²) in [6.45, 7) is 5.14. The molecule has 1 aliphatic heterocycles. The molecule has 4 aromatic rings. The maximum Gasteiger partial charge on any atom is 0.232 e. The number of rotatable bonds is 7. The van der Waals surface area contributed by atoms with Crippen LogP contribution >= 0.6 is 11.8 Å². The number of anilines is 1. The topological polar surface area (TPSA) is 82.3 Å². The highest BCUT2D eigenvalue weighted by Gasteiger charge is 2.22. The van der Waals surface area contributed by atoms with Gasteiger partial charge < -0.3 is 18.6 Å². The molecule has 0 N–H and O–H groups in total. The number of hydrogen-bond acceptors (Lipinski definition) is 8. The number of furan rings is 1.